The average Bonchev–Trinajstić information content (AvgIpc) is 2.80. The molecule has 0 bridgehead atoms. The van der Waals surface area contributed by atoms with E-state index in [4.69, 9.17) is 0 Å². The number of hydrogen-bond donors (Lipinski definition) is 0. The number of benzene rings is 3. The number of halogens is 5. The van der Waals surface area contributed by atoms with E-state index in [2.05, 4.69) is 17.9 Å². The number of carbonyl (C=O) groups is 1. The van der Waals surface area contributed by atoms with Crippen LogP contribution in [0.3, 0.4) is 0 Å². The molecule has 0 amide bonds. The molecule has 0 N–H and O–H groups in total. The van der Waals surface area contributed by atoms with Gasteiger partial charge >= 0.3 is 5.97 Å². The summed E-state index contributed by atoms with van der Waals surface area (Å²) in [5, 5.41) is 0. The molecule has 0 aliphatic heterocycles. The van der Waals surface area contributed by atoms with Crippen LogP contribution in [-0.4, -0.2) is 5.97 Å². The van der Waals surface area contributed by atoms with Crippen molar-refractivity contribution >= 4 is 18.1 Å². The predicted octanol–water partition coefficient (Wildman–Crippen LogP) is 6.57. The average molecular weight is 418 g/mol. The van der Waals surface area contributed by atoms with E-state index in [0.717, 1.165) is 0 Å². The van der Waals surface area contributed by atoms with Gasteiger partial charge in [-0.3, -0.25) is 0 Å². The Balaban J connectivity index is 0.000000335. The van der Waals surface area contributed by atoms with Crippen molar-refractivity contribution in [2.45, 2.75) is 0 Å². The van der Waals surface area contributed by atoms with Gasteiger partial charge in [-0.1, -0.05) is 67.8 Å². The van der Waals surface area contributed by atoms with Gasteiger partial charge in [-0.25, -0.2) is 18.0 Å². The monoisotopic (exact) mass is 418 g/mol. The van der Waals surface area contributed by atoms with Crippen molar-refractivity contribution in [2.75, 3.05) is 0 Å². The highest BCUT2D eigenvalue weighted by atomic mass is 19.2. The second-order valence-corrected chi connectivity index (χ2v) is 5.73. The largest absolute Gasteiger partial charge is 0.416 e. The topological polar surface area (TPSA) is 26.3 Å². The van der Waals surface area contributed by atoms with Crippen molar-refractivity contribution in [1.82, 2.24) is 0 Å². The summed E-state index contributed by atoms with van der Waals surface area (Å²) in [6.07, 6.45) is 3.32. The van der Waals surface area contributed by atoms with Gasteiger partial charge < -0.3 is 4.74 Å². The summed E-state index contributed by atoms with van der Waals surface area (Å²) in [5.41, 5.74) is 1.70. The van der Waals surface area contributed by atoms with Gasteiger partial charge in [-0.05, 0) is 23.3 Å². The molecular formula is C23H15F5O2. The molecule has 0 heterocycles. The molecule has 0 aromatic heterocycles. The molecule has 2 nitrogen and oxygen atoms in total. The maximum atomic E-state index is 13.4. The standard InChI is InChI=1S/C15H7F5O2.C8H8/c1-2-7-3-5-8(6-4-7)15(21)22-14-12(19)10(17)9(16)11(18)13(14)20;1-2-8-6-4-3-5-7-8/h2-6H,1H2;2-7H,1H2. The molecule has 0 radical (unpaired) electrons. The summed E-state index contributed by atoms with van der Waals surface area (Å²) in [7, 11) is 0. The lowest BCUT2D eigenvalue weighted by Gasteiger charge is -2.09. The molecule has 0 saturated heterocycles. The van der Waals surface area contributed by atoms with Crippen LogP contribution in [0.5, 0.6) is 5.75 Å². The fourth-order valence-corrected chi connectivity index (χ4v) is 2.17. The minimum atomic E-state index is -2.33. The van der Waals surface area contributed by atoms with E-state index >= 15 is 0 Å². The third-order valence-corrected chi connectivity index (χ3v) is 3.78. The first-order valence-corrected chi connectivity index (χ1v) is 8.43. The molecule has 0 unspecified atom stereocenters. The van der Waals surface area contributed by atoms with Crippen molar-refractivity contribution in [1.29, 1.82) is 0 Å². The first-order valence-electron chi connectivity index (χ1n) is 8.43. The Morgan fingerprint density at radius 1 is 0.667 bits per heavy atom. The normalized spacial score (nSPS) is 9.90. The van der Waals surface area contributed by atoms with Crippen molar-refractivity contribution in [3.63, 3.8) is 0 Å². The SMILES string of the molecule is C=Cc1ccc(C(=O)Oc2c(F)c(F)c(F)c(F)c2F)cc1.C=Cc1ccccc1. The van der Waals surface area contributed by atoms with Gasteiger partial charge in [0, 0.05) is 0 Å². The summed E-state index contributed by atoms with van der Waals surface area (Å²) in [6.45, 7) is 7.12. The fraction of sp³-hybridized carbons (Fsp3) is 0. The zero-order valence-corrected chi connectivity index (χ0v) is 15.5. The van der Waals surface area contributed by atoms with Crippen LogP contribution in [0.25, 0.3) is 12.2 Å². The third kappa shape index (κ3) is 5.20. The van der Waals surface area contributed by atoms with Gasteiger partial charge in [0.1, 0.15) is 0 Å². The second-order valence-electron chi connectivity index (χ2n) is 5.73. The summed E-state index contributed by atoms with van der Waals surface area (Å²) in [6, 6.07) is 15.5. The molecule has 0 aliphatic carbocycles. The maximum Gasteiger partial charge on any atom is 0.343 e. The molecule has 3 rings (SSSR count). The minimum Gasteiger partial charge on any atom is -0.416 e. The van der Waals surface area contributed by atoms with Crippen LogP contribution in [0.1, 0.15) is 21.5 Å². The molecule has 154 valence electrons. The number of carbonyl (C=O) groups excluding carboxylic acids is 1. The molecular weight excluding hydrogens is 403 g/mol. The number of hydrogen-bond acceptors (Lipinski definition) is 2. The number of ether oxygens (including phenoxy) is 1. The van der Waals surface area contributed by atoms with Gasteiger partial charge in [-0.15, -0.1) is 0 Å². The lowest BCUT2D eigenvalue weighted by molar-refractivity contribution is 0.0716. The van der Waals surface area contributed by atoms with Crippen LogP contribution >= 0.6 is 0 Å². The summed E-state index contributed by atoms with van der Waals surface area (Å²) in [5.74, 6) is -14.1. The lowest BCUT2D eigenvalue weighted by Crippen LogP contribution is -2.13. The van der Waals surface area contributed by atoms with E-state index in [1.807, 2.05) is 36.4 Å². The Morgan fingerprint density at radius 3 is 1.53 bits per heavy atom. The van der Waals surface area contributed by atoms with Crippen LogP contribution < -0.4 is 4.74 Å². The van der Waals surface area contributed by atoms with Crippen molar-refractivity contribution in [2.24, 2.45) is 0 Å². The van der Waals surface area contributed by atoms with E-state index in [-0.39, 0.29) is 5.56 Å². The van der Waals surface area contributed by atoms with Crippen molar-refractivity contribution in [3.8, 4) is 5.75 Å². The van der Waals surface area contributed by atoms with E-state index in [1.165, 1.54) is 35.9 Å². The fourth-order valence-electron chi connectivity index (χ4n) is 2.17. The zero-order valence-electron chi connectivity index (χ0n) is 15.5. The Morgan fingerprint density at radius 2 is 1.10 bits per heavy atom. The maximum absolute atomic E-state index is 13.4. The molecule has 7 heteroatoms. The van der Waals surface area contributed by atoms with Gasteiger partial charge in [0.2, 0.25) is 34.8 Å². The van der Waals surface area contributed by atoms with Crippen LogP contribution in [0.2, 0.25) is 0 Å². The quantitative estimate of drug-likeness (QED) is 0.157. The second kappa shape index (κ2) is 10.2. The van der Waals surface area contributed by atoms with Gasteiger partial charge in [0.05, 0.1) is 5.56 Å². The molecule has 3 aromatic carbocycles. The summed E-state index contributed by atoms with van der Waals surface area (Å²) >= 11 is 0. The van der Waals surface area contributed by atoms with Gasteiger partial charge in [0.15, 0.2) is 0 Å². The highest BCUT2D eigenvalue weighted by Gasteiger charge is 2.28. The molecule has 0 aliphatic rings. The van der Waals surface area contributed by atoms with Crippen LogP contribution in [0, 0.1) is 29.1 Å². The predicted molar refractivity (Wildman–Crippen MR) is 104 cm³/mol. The van der Waals surface area contributed by atoms with Crippen molar-refractivity contribution < 1.29 is 31.5 Å². The highest BCUT2D eigenvalue weighted by molar-refractivity contribution is 5.91. The Kier molecular flexibility index (Phi) is 7.63. The lowest BCUT2D eigenvalue weighted by atomic mass is 10.1. The van der Waals surface area contributed by atoms with Crippen LogP contribution in [-0.2, 0) is 0 Å². The first-order chi connectivity index (χ1) is 14.3. The number of esters is 1. The number of rotatable bonds is 4. The van der Waals surface area contributed by atoms with E-state index in [1.54, 1.807) is 0 Å². The molecule has 0 atom stereocenters. The molecule has 3 aromatic rings. The van der Waals surface area contributed by atoms with Gasteiger partial charge in [0.25, 0.3) is 0 Å². The molecule has 30 heavy (non-hydrogen) atoms. The molecule has 0 saturated carbocycles. The van der Waals surface area contributed by atoms with E-state index in [0.29, 0.717) is 5.56 Å². The van der Waals surface area contributed by atoms with Gasteiger partial charge in [-0.2, -0.15) is 8.78 Å². The summed E-state index contributed by atoms with van der Waals surface area (Å²) < 4.78 is 69.9. The van der Waals surface area contributed by atoms with E-state index < -0.39 is 40.8 Å². The Labute approximate surface area is 169 Å². The summed E-state index contributed by atoms with van der Waals surface area (Å²) in [4.78, 5) is 11.7. The Bertz CT molecular complexity index is 1030. The highest BCUT2D eigenvalue weighted by Crippen LogP contribution is 2.29. The van der Waals surface area contributed by atoms with E-state index in [9.17, 15) is 26.7 Å². The zero-order chi connectivity index (χ0) is 22.3. The van der Waals surface area contributed by atoms with Crippen molar-refractivity contribution in [3.05, 3.63) is 114 Å². The first kappa shape index (κ1) is 22.5. The van der Waals surface area contributed by atoms with Crippen LogP contribution in [0.15, 0.2) is 67.8 Å². The third-order valence-electron chi connectivity index (χ3n) is 3.78. The molecule has 0 spiro atoms. The van der Waals surface area contributed by atoms with Crippen LogP contribution in [0.4, 0.5) is 22.0 Å². The minimum absolute atomic E-state index is 0.130. The molecule has 0 fully saturated rings. The smallest absolute Gasteiger partial charge is 0.343 e. The Hall–Kier alpha value is -3.74.